The summed E-state index contributed by atoms with van der Waals surface area (Å²) in [7, 11) is 0. The van der Waals surface area contributed by atoms with Crippen LogP contribution in [-0.2, 0) is 9.59 Å². The highest BCUT2D eigenvalue weighted by atomic mass is 127. The maximum atomic E-state index is 12.6. The summed E-state index contributed by atoms with van der Waals surface area (Å²) in [6.07, 6.45) is 5.14. The molecule has 3 rings (SSSR count). The SMILES string of the molecule is O=C1NC(=S)N(CC=Cc2ccccc2)C(=O)C1=Cc1ccc(I)o1. The molecule has 1 aromatic heterocycles. The van der Waals surface area contributed by atoms with E-state index in [2.05, 4.69) is 5.32 Å². The van der Waals surface area contributed by atoms with Crippen LogP contribution in [0.3, 0.4) is 0 Å². The van der Waals surface area contributed by atoms with Gasteiger partial charge in [0.05, 0.1) is 0 Å². The standard InChI is InChI=1S/C18H13IN2O3S/c19-15-9-8-13(24-15)11-14-16(22)20-18(25)21(17(14)23)10-4-7-12-5-2-1-3-6-12/h1-9,11H,10H2,(H,20,22,25). The number of amides is 2. The van der Waals surface area contributed by atoms with Crippen LogP contribution >= 0.6 is 34.8 Å². The molecule has 0 spiro atoms. The molecule has 0 saturated carbocycles. The topological polar surface area (TPSA) is 62.6 Å². The second-order valence-electron chi connectivity index (χ2n) is 5.19. The van der Waals surface area contributed by atoms with E-state index in [0.29, 0.717) is 9.53 Å². The average Bonchev–Trinajstić information content (AvgIpc) is 3.00. The number of halogens is 1. The van der Waals surface area contributed by atoms with Crippen molar-refractivity contribution < 1.29 is 14.0 Å². The van der Waals surface area contributed by atoms with E-state index >= 15 is 0 Å². The fraction of sp³-hybridized carbons (Fsp3) is 0.0556. The number of nitrogens with zero attached hydrogens (tertiary/aromatic N) is 1. The number of carbonyl (C=O) groups excluding carboxylic acids is 2. The summed E-state index contributed by atoms with van der Waals surface area (Å²) in [6, 6.07) is 13.2. The average molecular weight is 464 g/mol. The first kappa shape index (κ1) is 17.6. The Morgan fingerprint density at radius 3 is 2.60 bits per heavy atom. The van der Waals surface area contributed by atoms with Gasteiger partial charge in [-0.25, -0.2) is 0 Å². The smallest absolute Gasteiger partial charge is 0.266 e. The van der Waals surface area contributed by atoms with E-state index in [1.165, 1.54) is 11.0 Å². The third kappa shape index (κ3) is 4.23. The van der Waals surface area contributed by atoms with Crippen LogP contribution in [0.15, 0.2) is 58.5 Å². The molecule has 25 heavy (non-hydrogen) atoms. The van der Waals surface area contributed by atoms with Gasteiger partial charge < -0.3 is 4.42 Å². The number of rotatable bonds is 4. The summed E-state index contributed by atoms with van der Waals surface area (Å²) in [6.45, 7) is 0.264. The van der Waals surface area contributed by atoms with Gasteiger partial charge in [-0.1, -0.05) is 42.5 Å². The minimum absolute atomic E-state index is 0.00698. The number of hydrogen-bond donors (Lipinski definition) is 1. The second-order valence-corrected chi connectivity index (χ2v) is 6.64. The fourth-order valence-electron chi connectivity index (χ4n) is 2.27. The van der Waals surface area contributed by atoms with E-state index < -0.39 is 11.8 Å². The number of thiocarbonyl (C=S) groups is 1. The predicted octanol–water partition coefficient (Wildman–Crippen LogP) is 3.22. The molecule has 126 valence electrons. The highest BCUT2D eigenvalue weighted by Gasteiger charge is 2.32. The van der Waals surface area contributed by atoms with Crippen molar-refractivity contribution >= 4 is 63.9 Å². The van der Waals surface area contributed by atoms with Crippen LogP contribution in [-0.4, -0.2) is 28.4 Å². The zero-order chi connectivity index (χ0) is 17.8. The summed E-state index contributed by atoms with van der Waals surface area (Å²) in [5.41, 5.74) is 1.01. The van der Waals surface area contributed by atoms with Crippen LogP contribution in [0.1, 0.15) is 11.3 Å². The van der Waals surface area contributed by atoms with Crippen molar-refractivity contribution in [1.82, 2.24) is 10.2 Å². The molecule has 2 aromatic rings. The van der Waals surface area contributed by atoms with E-state index in [9.17, 15) is 9.59 Å². The number of hydrogen-bond acceptors (Lipinski definition) is 4. The molecular formula is C18H13IN2O3S. The Kier molecular flexibility index (Phi) is 5.44. The maximum Gasteiger partial charge on any atom is 0.266 e. The predicted molar refractivity (Wildman–Crippen MR) is 107 cm³/mol. The summed E-state index contributed by atoms with van der Waals surface area (Å²) >= 11 is 7.14. The Balaban J connectivity index is 1.78. The highest BCUT2D eigenvalue weighted by Crippen LogP contribution is 2.17. The van der Waals surface area contributed by atoms with Crippen molar-refractivity contribution in [3.63, 3.8) is 0 Å². The first-order valence-electron chi connectivity index (χ1n) is 7.40. The van der Waals surface area contributed by atoms with Crippen LogP contribution in [0.2, 0.25) is 0 Å². The van der Waals surface area contributed by atoms with Gasteiger partial charge in [0.15, 0.2) is 8.88 Å². The number of carbonyl (C=O) groups is 2. The van der Waals surface area contributed by atoms with Crippen molar-refractivity contribution in [3.05, 3.63) is 69.2 Å². The van der Waals surface area contributed by atoms with Crippen molar-refractivity contribution in [2.45, 2.75) is 0 Å². The summed E-state index contributed by atoms with van der Waals surface area (Å²) in [4.78, 5) is 26.1. The Morgan fingerprint density at radius 2 is 1.92 bits per heavy atom. The normalized spacial score (nSPS) is 16.8. The Hall–Kier alpha value is -2.26. The van der Waals surface area contributed by atoms with Crippen molar-refractivity contribution in [2.24, 2.45) is 0 Å². The van der Waals surface area contributed by atoms with Gasteiger partial charge in [0.2, 0.25) is 0 Å². The number of furan rings is 1. The maximum absolute atomic E-state index is 12.6. The molecule has 2 amide bonds. The number of nitrogens with one attached hydrogen (secondary N) is 1. The molecule has 1 aromatic carbocycles. The molecular weight excluding hydrogens is 451 g/mol. The van der Waals surface area contributed by atoms with E-state index in [-0.39, 0.29) is 17.2 Å². The van der Waals surface area contributed by atoms with Gasteiger partial charge in [-0.2, -0.15) is 0 Å². The van der Waals surface area contributed by atoms with Gasteiger partial charge in [-0.3, -0.25) is 19.8 Å². The van der Waals surface area contributed by atoms with Crippen LogP contribution in [0.25, 0.3) is 12.2 Å². The van der Waals surface area contributed by atoms with Crippen LogP contribution < -0.4 is 5.32 Å². The van der Waals surface area contributed by atoms with Gasteiger partial charge >= 0.3 is 0 Å². The summed E-state index contributed by atoms with van der Waals surface area (Å²) < 4.78 is 6.07. The molecule has 0 radical (unpaired) electrons. The van der Waals surface area contributed by atoms with Crippen LogP contribution in [0, 0.1) is 3.77 Å². The van der Waals surface area contributed by atoms with Gasteiger partial charge in [0.1, 0.15) is 11.3 Å². The molecule has 0 bridgehead atoms. The molecule has 0 atom stereocenters. The summed E-state index contributed by atoms with van der Waals surface area (Å²) in [5.74, 6) is -0.530. The van der Waals surface area contributed by atoms with E-state index in [1.807, 2.05) is 65.1 Å². The molecule has 7 heteroatoms. The quantitative estimate of drug-likeness (QED) is 0.327. The first-order chi connectivity index (χ1) is 12.0. The largest absolute Gasteiger partial charge is 0.451 e. The lowest BCUT2D eigenvalue weighted by molar-refractivity contribution is -0.128. The molecule has 1 saturated heterocycles. The molecule has 1 N–H and O–H groups in total. The molecule has 1 aliphatic heterocycles. The van der Waals surface area contributed by atoms with Gasteiger partial charge in [-0.05, 0) is 58.6 Å². The van der Waals surface area contributed by atoms with Crippen molar-refractivity contribution in [3.8, 4) is 0 Å². The lowest BCUT2D eigenvalue weighted by Gasteiger charge is -2.27. The number of benzene rings is 1. The lowest BCUT2D eigenvalue weighted by Crippen LogP contribution is -2.53. The van der Waals surface area contributed by atoms with Gasteiger partial charge in [0, 0.05) is 6.54 Å². The second kappa shape index (κ2) is 7.75. The van der Waals surface area contributed by atoms with Gasteiger partial charge in [0.25, 0.3) is 11.8 Å². The molecule has 1 aliphatic rings. The lowest BCUT2D eigenvalue weighted by atomic mass is 10.1. The highest BCUT2D eigenvalue weighted by molar-refractivity contribution is 14.1. The van der Waals surface area contributed by atoms with Crippen molar-refractivity contribution in [2.75, 3.05) is 6.54 Å². The zero-order valence-electron chi connectivity index (χ0n) is 12.9. The van der Waals surface area contributed by atoms with Crippen molar-refractivity contribution in [1.29, 1.82) is 0 Å². The van der Waals surface area contributed by atoms with E-state index in [1.54, 1.807) is 12.1 Å². The molecule has 5 nitrogen and oxygen atoms in total. The Morgan fingerprint density at radius 1 is 1.16 bits per heavy atom. The molecule has 1 fully saturated rings. The minimum Gasteiger partial charge on any atom is -0.451 e. The van der Waals surface area contributed by atoms with Crippen LogP contribution in [0.4, 0.5) is 0 Å². The monoisotopic (exact) mass is 464 g/mol. The fourth-order valence-corrected chi connectivity index (χ4v) is 2.95. The third-order valence-corrected chi connectivity index (χ3v) is 4.37. The summed E-state index contributed by atoms with van der Waals surface area (Å²) in [5, 5.41) is 2.63. The minimum atomic E-state index is -0.523. The van der Waals surface area contributed by atoms with E-state index in [4.69, 9.17) is 16.6 Å². The van der Waals surface area contributed by atoms with E-state index in [0.717, 1.165) is 5.56 Å². The van der Waals surface area contributed by atoms with Gasteiger partial charge in [-0.15, -0.1) is 0 Å². The third-order valence-electron chi connectivity index (χ3n) is 3.46. The first-order valence-corrected chi connectivity index (χ1v) is 8.89. The Labute approximate surface area is 163 Å². The molecule has 0 aliphatic carbocycles. The molecule has 2 heterocycles. The zero-order valence-corrected chi connectivity index (χ0v) is 15.9. The van der Waals surface area contributed by atoms with Crippen LogP contribution in [0.5, 0.6) is 0 Å². The molecule has 0 unspecified atom stereocenters. The Bertz CT molecular complexity index is 887.